The Hall–Kier alpha value is -1.77. The molecule has 0 aromatic heterocycles. The van der Waals surface area contributed by atoms with E-state index in [0.717, 1.165) is 12.1 Å². The quantitative estimate of drug-likeness (QED) is 0.576. The van der Waals surface area contributed by atoms with Crippen LogP contribution in [0.3, 0.4) is 0 Å². The third kappa shape index (κ3) is 5.47. The van der Waals surface area contributed by atoms with Gasteiger partial charge in [-0.05, 0) is 37.0 Å². The Morgan fingerprint density at radius 1 is 1.25 bits per heavy atom. The van der Waals surface area contributed by atoms with Gasteiger partial charge in [-0.15, -0.1) is 0 Å². The summed E-state index contributed by atoms with van der Waals surface area (Å²) in [5.74, 6) is -0.246. The number of nitrogens with one attached hydrogen (secondary N) is 1. The minimum absolute atomic E-state index is 0.246. The molecule has 0 aliphatic heterocycles. The van der Waals surface area contributed by atoms with Gasteiger partial charge >= 0.3 is 5.97 Å². The van der Waals surface area contributed by atoms with Gasteiger partial charge in [-0.1, -0.05) is 38.5 Å². The van der Waals surface area contributed by atoms with E-state index in [1.807, 2.05) is 13.0 Å². The van der Waals surface area contributed by atoms with Crippen molar-refractivity contribution in [2.75, 3.05) is 19.0 Å². The second kappa shape index (κ2) is 9.18. The fourth-order valence-electron chi connectivity index (χ4n) is 1.97. The van der Waals surface area contributed by atoms with Gasteiger partial charge in [-0.2, -0.15) is 0 Å². The fraction of sp³-hybridized carbons (Fsp3) is 0.471. The molecule has 0 unspecified atom stereocenters. The van der Waals surface area contributed by atoms with Gasteiger partial charge < -0.3 is 10.1 Å². The largest absolute Gasteiger partial charge is 0.466 e. The maximum Gasteiger partial charge on any atom is 0.333 e. The van der Waals surface area contributed by atoms with Crippen molar-refractivity contribution in [1.29, 1.82) is 0 Å². The number of carbonyl (C=O) groups is 1. The fourth-order valence-corrected chi connectivity index (χ4v) is 1.97. The molecule has 1 aromatic carbocycles. The molecule has 1 N–H and O–H groups in total. The highest BCUT2D eigenvalue weighted by Gasteiger charge is 2.05. The molecule has 0 fully saturated rings. The zero-order valence-electron chi connectivity index (χ0n) is 12.7. The van der Waals surface area contributed by atoms with Gasteiger partial charge in [0.2, 0.25) is 0 Å². The first kappa shape index (κ1) is 16.3. The van der Waals surface area contributed by atoms with E-state index in [4.69, 9.17) is 4.74 Å². The van der Waals surface area contributed by atoms with Crippen molar-refractivity contribution in [2.45, 2.75) is 39.5 Å². The van der Waals surface area contributed by atoms with Crippen molar-refractivity contribution in [2.24, 2.45) is 0 Å². The molecule has 0 aliphatic carbocycles. The van der Waals surface area contributed by atoms with E-state index < -0.39 is 0 Å². The van der Waals surface area contributed by atoms with E-state index >= 15 is 0 Å². The van der Waals surface area contributed by atoms with Gasteiger partial charge in [0.25, 0.3) is 0 Å². The van der Waals surface area contributed by atoms with Crippen LogP contribution >= 0.6 is 0 Å². The summed E-state index contributed by atoms with van der Waals surface area (Å²) in [6.45, 7) is 4.78. The van der Waals surface area contributed by atoms with Crippen LogP contribution < -0.4 is 5.32 Å². The lowest BCUT2D eigenvalue weighted by atomic mass is 10.1. The van der Waals surface area contributed by atoms with Crippen LogP contribution in [0.4, 0.5) is 5.69 Å². The Kier molecular flexibility index (Phi) is 7.48. The number of benzene rings is 1. The number of hydrogen-bond donors (Lipinski definition) is 1. The van der Waals surface area contributed by atoms with Gasteiger partial charge in [0, 0.05) is 17.8 Å². The van der Waals surface area contributed by atoms with E-state index in [0.29, 0.717) is 18.5 Å². The molecule has 20 heavy (non-hydrogen) atoms. The summed E-state index contributed by atoms with van der Waals surface area (Å²) < 4.78 is 4.72. The average molecular weight is 275 g/mol. The number of rotatable bonds is 8. The molecular weight excluding hydrogens is 250 g/mol. The van der Waals surface area contributed by atoms with Crippen LogP contribution in [0.15, 0.2) is 35.9 Å². The van der Waals surface area contributed by atoms with Crippen LogP contribution in [-0.2, 0) is 16.0 Å². The highest BCUT2D eigenvalue weighted by molar-refractivity contribution is 5.88. The molecule has 3 heteroatoms. The summed E-state index contributed by atoms with van der Waals surface area (Å²) in [6, 6.07) is 8.48. The molecule has 0 aliphatic rings. The third-order valence-corrected chi connectivity index (χ3v) is 3.26. The topological polar surface area (TPSA) is 38.3 Å². The summed E-state index contributed by atoms with van der Waals surface area (Å²) in [6.07, 6.45) is 6.16. The second-order valence-electron chi connectivity index (χ2n) is 4.76. The van der Waals surface area contributed by atoms with Crippen LogP contribution in [0.1, 0.15) is 38.7 Å². The maximum atomic E-state index is 11.4. The number of esters is 1. The first-order valence-electron chi connectivity index (χ1n) is 7.31. The summed E-state index contributed by atoms with van der Waals surface area (Å²) in [7, 11) is 1.41. The number of ether oxygens (including phenoxy) is 1. The van der Waals surface area contributed by atoms with E-state index in [1.165, 1.54) is 25.5 Å². The molecule has 1 aromatic rings. The highest BCUT2D eigenvalue weighted by Crippen LogP contribution is 2.12. The number of anilines is 1. The molecule has 0 spiro atoms. The lowest BCUT2D eigenvalue weighted by molar-refractivity contribution is -0.136. The van der Waals surface area contributed by atoms with Crippen LogP contribution in [0.5, 0.6) is 0 Å². The molecular formula is C17H25NO2. The summed E-state index contributed by atoms with van der Waals surface area (Å²) in [5.41, 5.74) is 3.15. The standard InChI is InChI=1S/C17H25NO2/c1-4-6-7-14-8-10-16(11-9-14)18-13-12-15(5-2)17(19)20-3/h8-12,18H,4-7,13H2,1-3H3/b15-12-. The molecule has 0 saturated carbocycles. The first-order chi connectivity index (χ1) is 9.71. The number of aryl methyl sites for hydroxylation is 1. The Balaban J connectivity index is 2.49. The third-order valence-electron chi connectivity index (χ3n) is 3.26. The average Bonchev–Trinajstić information content (AvgIpc) is 2.50. The number of methoxy groups -OCH3 is 1. The summed E-state index contributed by atoms with van der Waals surface area (Å²) in [4.78, 5) is 11.4. The SMILES string of the molecule is CCCCc1ccc(NC/C=C(/CC)C(=O)OC)cc1. The zero-order valence-corrected chi connectivity index (χ0v) is 12.7. The van der Waals surface area contributed by atoms with Gasteiger partial charge in [-0.3, -0.25) is 0 Å². The van der Waals surface area contributed by atoms with Crippen LogP contribution in [-0.4, -0.2) is 19.6 Å². The Bertz CT molecular complexity index is 435. The number of hydrogen-bond acceptors (Lipinski definition) is 3. The molecule has 0 saturated heterocycles. The lowest BCUT2D eigenvalue weighted by Crippen LogP contribution is -2.07. The molecule has 0 bridgehead atoms. The molecule has 0 heterocycles. The van der Waals surface area contributed by atoms with Crippen LogP contribution in [0.2, 0.25) is 0 Å². The van der Waals surface area contributed by atoms with Gasteiger partial charge in [-0.25, -0.2) is 4.79 Å². The van der Waals surface area contributed by atoms with E-state index in [9.17, 15) is 4.79 Å². The van der Waals surface area contributed by atoms with Crippen molar-refractivity contribution < 1.29 is 9.53 Å². The van der Waals surface area contributed by atoms with Crippen molar-refractivity contribution in [3.63, 3.8) is 0 Å². The predicted octanol–water partition coefficient (Wildman–Crippen LogP) is 3.95. The van der Waals surface area contributed by atoms with Crippen molar-refractivity contribution >= 4 is 11.7 Å². The summed E-state index contributed by atoms with van der Waals surface area (Å²) in [5, 5.41) is 3.29. The molecule has 0 atom stereocenters. The van der Waals surface area contributed by atoms with Gasteiger partial charge in [0.1, 0.15) is 0 Å². The minimum Gasteiger partial charge on any atom is -0.466 e. The van der Waals surface area contributed by atoms with E-state index in [2.05, 4.69) is 36.5 Å². The highest BCUT2D eigenvalue weighted by atomic mass is 16.5. The predicted molar refractivity (Wildman–Crippen MR) is 83.9 cm³/mol. The second-order valence-corrected chi connectivity index (χ2v) is 4.76. The lowest BCUT2D eigenvalue weighted by Gasteiger charge is -2.07. The number of carbonyl (C=O) groups excluding carboxylic acids is 1. The number of unbranched alkanes of at least 4 members (excludes halogenated alkanes) is 1. The monoisotopic (exact) mass is 275 g/mol. The Labute approximate surface area is 122 Å². The van der Waals surface area contributed by atoms with Crippen LogP contribution in [0, 0.1) is 0 Å². The van der Waals surface area contributed by atoms with E-state index in [-0.39, 0.29) is 5.97 Å². The van der Waals surface area contributed by atoms with Crippen molar-refractivity contribution in [1.82, 2.24) is 0 Å². The minimum atomic E-state index is -0.246. The normalized spacial score (nSPS) is 11.2. The van der Waals surface area contributed by atoms with Gasteiger partial charge in [0.05, 0.1) is 7.11 Å². The van der Waals surface area contributed by atoms with Crippen molar-refractivity contribution in [3.05, 3.63) is 41.5 Å². The molecule has 110 valence electrons. The summed E-state index contributed by atoms with van der Waals surface area (Å²) >= 11 is 0. The molecule has 3 nitrogen and oxygen atoms in total. The van der Waals surface area contributed by atoms with E-state index in [1.54, 1.807) is 0 Å². The Morgan fingerprint density at radius 3 is 2.50 bits per heavy atom. The zero-order chi connectivity index (χ0) is 14.8. The maximum absolute atomic E-state index is 11.4. The smallest absolute Gasteiger partial charge is 0.333 e. The first-order valence-corrected chi connectivity index (χ1v) is 7.31. The molecule has 0 radical (unpaired) electrons. The van der Waals surface area contributed by atoms with Gasteiger partial charge in [0.15, 0.2) is 0 Å². The molecule has 1 rings (SSSR count). The molecule has 0 amide bonds. The Morgan fingerprint density at radius 2 is 1.95 bits per heavy atom. The van der Waals surface area contributed by atoms with Crippen molar-refractivity contribution in [3.8, 4) is 0 Å². The van der Waals surface area contributed by atoms with Crippen LogP contribution in [0.25, 0.3) is 0 Å².